The van der Waals surface area contributed by atoms with E-state index in [9.17, 15) is 9.59 Å². The van der Waals surface area contributed by atoms with Crippen LogP contribution < -0.4 is 5.32 Å². The van der Waals surface area contributed by atoms with E-state index in [1.165, 1.54) is 44.8 Å². The smallest absolute Gasteiger partial charge is 0.341 e. The third-order valence-corrected chi connectivity index (χ3v) is 9.56. The van der Waals surface area contributed by atoms with Crippen LogP contribution in [-0.2, 0) is 35.2 Å². The molecule has 2 aliphatic carbocycles. The average Bonchev–Trinajstić information content (AvgIpc) is 3.44. The van der Waals surface area contributed by atoms with Crippen LogP contribution in [0.4, 0.5) is 5.00 Å². The van der Waals surface area contributed by atoms with Crippen LogP contribution in [-0.4, -0.2) is 34.2 Å². The summed E-state index contributed by atoms with van der Waals surface area (Å²) in [6, 6.07) is 0. The van der Waals surface area contributed by atoms with Crippen molar-refractivity contribution in [3.8, 4) is 0 Å². The molecule has 33 heavy (non-hydrogen) atoms. The number of aromatic nitrogens is 2. The molecule has 1 N–H and O–H groups in total. The first kappa shape index (κ1) is 22.8. The van der Waals surface area contributed by atoms with Crippen molar-refractivity contribution in [3.63, 3.8) is 0 Å². The van der Waals surface area contributed by atoms with Crippen molar-refractivity contribution in [1.29, 1.82) is 0 Å². The van der Waals surface area contributed by atoms with Gasteiger partial charge in [-0.3, -0.25) is 4.79 Å². The first-order chi connectivity index (χ1) is 15.9. The summed E-state index contributed by atoms with van der Waals surface area (Å²) in [6.45, 7) is 6.25. The predicted octanol–water partition coefficient (Wildman–Crippen LogP) is 5.58. The first-order valence-electron chi connectivity index (χ1n) is 11.5. The monoisotopic (exact) mass is 501 g/mol. The topological polar surface area (TPSA) is 81.2 Å². The molecule has 3 heterocycles. The normalized spacial score (nSPS) is 17.1. The van der Waals surface area contributed by atoms with Gasteiger partial charge in [-0.1, -0.05) is 18.7 Å². The largest absolute Gasteiger partial charge is 0.462 e. The molecule has 3 aromatic rings. The summed E-state index contributed by atoms with van der Waals surface area (Å²) in [7, 11) is 0. The van der Waals surface area contributed by atoms with E-state index in [-0.39, 0.29) is 17.6 Å². The first-order valence-corrected chi connectivity index (χ1v) is 14.1. The summed E-state index contributed by atoms with van der Waals surface area (Å²) in [4.78, 5) is 38.6. The fraction of sp³-hybridized carbons (Fsp3) is 0.500. The lowest BCUT2D eigenvalue weighted by molar-refractivity contribution is -0.113. The van der Waals surface area contributed by atoms with E-state index in [1.807, 2.05) is 6.92 Å². The number of esters is 1. The second kappa shape index (κ2) is 9.35. The molecule has 0 saturated carbocycles. The van der Waals surface area contributed by atoms with Gasteiger partial charge in [0.15, 0.2) is 0 Å². The zero-order valence-electron chi connectivity index (χ0n) is 19.1. The lowest BCUT2D eigenvalue weighted by Gasteiger charge is -2.18. The van der Waals surface area contributed by atoms with Gasteiger partial charge < -0.3 is 10.1 Å². The van der Waals surface area contributed by atoms with Crippen molar-refractivity contribution in [2.45, 2.75) is 64.3 Å². The van der Waals surface area contributed by atoms with Crippen molar-refractivity contribution < 1.29 is 14.3 Å². The van der Waals surface area contributed by atoms with Crippen LogP contribution in [0.5, 0.6) is 0 Å². The number of carbonyl (C=O) groups excluding carboxylic acids is 2. The van der Waals surface area contributed by atoms with Gasteiger partial charge in [-0.05, 0) is 69.4 Å². The van der Waals surface area contributed by atoms with Gasteiger partial charge in [0, 0.05) is 15.1 Å². The van der Waals surface area contributed by atoms with Gasteiger partial charge in [-0.2, -0.15) is 0 Å². The van der Waals surface area contributed by atoms with Crippen LogP contribution in [0.3, 0.4) is 0 Å². The molecule has 6 nitrogen and oxygen atoms in total. The average molecular weight is 502 g/mol. The Labute approximate surface area is 205 Å². The Morgan fingerprint density at radius 2 is 2.00 bits per heavy atom. The fourth-order valence-electron chi connectivity index (χ4n) is 4.72. The maximum absolute atomic E-state index is 13.0. The molecule has 0 aliphatic heterocycles. The van der Waals surface area contributed by atoms with Crippen molar-refractivity contribution in [2.24, 2.45) is 5.92 Å². The summed E-state index contributed by atoms with van der Waals surface area (Å²) < 4.78 is 5.32. The van der Waals surface area contributed by atoms with Gasteiger partial charge in [0.05, 0.1) is 17.9 Å². The number of hydrogen-bond donors (Lipinski definition) is 1. The maximum Gasteiger partial charge on any atom is 0.341 e. The molecular formula is C24H27N3O3S3. The fourth-order valence-corrected chi connectivity index (χ4v) is 8.41. The summed E-state index contributed by atoms with van der Waals surface area (Å²) in [5.41, 5.74) is 2.97. The number of thioether (sulfide) groups is 1. The Balaban J connectivity index is 1.37. The molecule has 1 atom stereocenters. The van der Waals surface area contributed by atoms with E-state index in [2.05, 4.69) is 22.2 Å². The van der Waals surface area contributed by atoms with Crippen LogP contribution in [0.15, 0.2) is 5.03 Å². The van der Waals surface area contributed by atoms with Crippen LogP contribution in [0, 0.1) is 12.8 Å². The van der Waals surface area contributed by atoms with Crippen LogP contribution in [0.1, 0.15) is 63.8 Å². The van der Waals surface area contributed by atoms with Crippen LogP contribution in [0.2, 0.25) is 0 Å². The lowest BCUT2D eigenvalue weighted by Crippen LogP contribution is -2.17. The van der Waals surface area contributed by atoms with E-state index in [1.54, 1.807) is 18.3 Å². The number of hydrogen-bond acceptors (Lipinski definition) is 8. The highest BCUT2D eigenvalue weighted by molar-refractivity contribution is 8.00. The summed E-state index contributed by atoms with van der Waals surface area (Å²) in [5, 5.41) is 5.66. The van der Waals surface area contributed by atoms with Gasteiger partial charge in [-0.25, -0.2) is 14.8 Å². The number of carbonyl (C=O) groups is 2. The van der Waals surface area contributed by atoms with Crippen molar-refractivity contribution in [1.82, 2.24) is 9.97 Å². The maximum atomic E-state index is 13.0. The molecule has 0 spiro atoms. The Morgan fingerprint density at radius 1 is 1.15 bits per heavy atom. The number of amides is 1. The molecule has 0 fully saturated rings. The second-order valence-corrected chi connectivity index (χ2v) is 11.9. The van der Waals surface area contributed by atoms with E-state index in [0.717, 1.165) is 58.7 Å². The van der Waals surface area contributed by atoms with Gasteiger partial charge in [0.25, 0.3) is 0 Å². The van der Waals surface area contributed by atoms with Crippen LogP contribution >= 0.6 is 34.4 Å². The molecular weight excluding hydrogens is 474 g/mol. The van der Waals surface area contributed by atoms with Gasteiger partial charge in [0.1, 0.15) is 20.7 Å². The molecule has 0 radical (unpaired) electrons. The number of aryl methyl sites for hydroxylation is 3. The Bertz CT molecular complexity index is 1250. The molecule has 5 rings (SSSR count). The molecule has 0 aromatic carbocycles. The summed E-state index contributed by atoms with van der Waals surface area (Å²) in [5.74, 6) is 1.08. The molecule has 2 aliphatic rings. The third-order valence-electron chi connectivity index (χ3n) is 6.23. The quantitative estimate of drug-likeness (QED) is 0.270. The van der Waals surface area contributed by atoms with E-state index in [4.69, 9.17) is 4.74 Å². The number of nitrogens with one attached hydrogen (secondary N) is 1. The lowest BCUT2D eigenvalue weighted by atomic mass is 9.88. The second-order valence-electron chi connectivity index (χ2n) is 8.73. The zero-order valence-corrected chi connectivity index (χ0v) is 21.5. The van der Waals surface area contributed by atoms with Crippen molar-refractivity contribution >= 4 is 61.5 Å². The summed E-state index contributed by atoms with van der Waals surface area (Å²) in [6.07, 6.45) is 6.19. The minimum absolute atomic E-state index is 0.131. The summed E-state index contributed by atoms with van der Waals surface area (Å²) >= 11 is 4.74. The number of nitrogens with zero attached hydrogens (tertiary/aromatic N) is 2. The number of thiophene rings is 2. The molecule has 3 aromatic heterocycles. The van der Waals surface area contributed by atoms with Crippen molar-refractivity contribution in [3.05, 3.63) is 32.3 Å². The number of ether oxygens (including phenoxy) is 1. The van der Waals surface area contributed by atoms with Gasteiger partial charge in [0.2, 0.25) is 5.91 Å². The number of fused-ring (bicyclic) bond motifs is 4. The van der Waals surface area contributed by atoms with E-state index < -0.39 is 0 Å². The highest BCUT2D eigenvalue weighted by atomic mass is 32.2. The zero-order chi connectivity index (χ0) is 23.1. The number of rotatable bonds is 6. The Kier molecular flexibility index (Phi) is 6.46. The SMILES string of the molecule is CCOC(=O)c1c(NC(=O)CSc2nc(C)nc3sc4c(c23)CCC4)sc2c1CC[C@@H](C)C2. The van der Waals surface area contributed by atoms with Crippen LogP contribution in [0.25, 0.3) is 10.2 Å². The predicted molar refractivity (Wildman–Crippen MR) is 135 cm³/mol. The minimum Gasteiger partial charge on any atom is -0.462 e. The van der Waals surface area contributed by atoms with E-state index in [0.29, 0.717) is 23.1 Å². The highest BCUT2D eigenvalue weighted by Crippen LogP contribution is 2.42. The molecule has 0 saturated heterocycles. The number of anilines is 1. The third kappa shape index (κ3) is 4.42. The van der Waals surface area contributed by atoms with Gasteiger partial charge in [-0.15, -0.1) is 22.7 Å². The molecule has 174 valence electrons. The Hall–Kier alpha value is -1.97. The highest BCUT2D eigenvalue weighted by Gasteiger charge is 2.29. The van der Waals surface area contributed by atoms with E-state index >= 15 is 0 Å². The molecule has 0 bridgehead atoms. The Morgan fingerprint density at radius 3 is 2.82 bits per heavy atom. The van der Waals surface area contributed by atoms with Crippen molar-refractivity contribution in [2.75, 3.05) is 17.7 Å². The molecule has 0 unspecified atom stereocenters. The molecule has 1 amide bonds. The standard InChI is InChI=1S/C24H27N3O3S3/c1-4-30-24(29)20-15-9-8-12(2)10-17(15)33-23(20)27-18(28)11-31-21-19-14-6-5-7-16(14)32-22(19)26-13(3)25-21/h12H,4-11H2,1-3H3,(H,27,28)/t12-/m1/s1. The minimum atomic E-state index is -0.338. The van der Waals surface area contributed by atoms with Gasteiger partial charge >= 0.3 is 5.97 Å². The molecule has 9 heteroatoms.